The quantitative estimate of drug-likeness (QED) is 0.161. The van der Waals surface area contributed by atoms with E-state index < -0.39 is 60.4 Å². The number of hydrogen-bond donors (Lipinski definition) is 0. The summed E-state index contributed by atoms with van der Waals surface area (Å²) in [5.41, 5.74) is 6.09. The molecule has 0 atom stereocenters. The number of rotatable bonds is 5. The molecule has 378 valence electrons. The van der Waals surface area contributed by atoms with Crippen LogP contribution in [0.1, 0.15) is 19.3 Å². The van der Waals surface area contributed by atoms with Gasteiger partial charge in [-0.15, -0.1) is 0 Å². The highest BCUT2D eigenvalue weighted by molar-refractivity contribution is 6.25. The molecular formula is C74H40N6O2. The Balaban J connectivity index is 1.19. The summed E-state index contributed by atoms with van der Waals surface area (Å²) in [4.78, 5) is 4.65. The van der Waals surface area contributed by atoms with Gasteiger partial charge in [0.15, 0.2) is 11.2 Å². The summed E-state index contributed by atoms with van der Waals surface area (Å²) >= 11 is 0. The molecule has 0 spiro atoms. The number of benzene rings is 12. The molecule has 8 heteroatoms. The van der Waals surface area contributed by atoms with Gasteiger partial charge in [0.2, 0.25) is 5.69 Å². The van der Waals surface area contributed by atoms with Gasteiger partial charge < -0.3 is 27.1 Å². The first kappa shape index (κ1) is 35.8. The molecule has 0 aliphatic rings. The smallest absolute Gasteiger partial charge is 0.237 e. The van der Waals surface area contributed by atoms with Gasteiger partial charge in [0, 0.05) is 64.6 Å². The summed E-state index contributed by atoms with van der Waals surface area (Å²) in [5, 5.41) is 18.7. The van der Waals surface area contributed by atoms with Crippen LogP contribution < -0.4 is 0 Å². The number of aromatic nitrogens is 4. The van der Waals surface area contributed by atoms with Crippen molar-refractivity contribution in [1.29, 1.82) is 5.26 Å². The van der Waals surface area contributed by atoms with E-state index in [1.807, 2.05) is 149 Å². The zero-order chi connectivity index (χ0) is 62.6. The van der Waals surface area contributed by atoms with E-state index >= 15 is 0 Å². The maximum Gasteiger partial charge on any atom is 0.237 e. The lowest BCUT2D eigenvalue weighted by Gasteiger charge is -2.27. The maximum atomic E-state index is 13.0. The second kappa shape index (κ2) is 16.5. The Kier molecular flexibility index (Phi) is 7.19. The van der Waals surface area contributed by atoms with Gasteiger partial charge in [-0.2, -0.15) is 5.26 Å². The summed E-state index contributed by atoms with van der Waals surface area (Å²) in [5.74, 6) is 0. The predicted octanol–water partition coefficient (Wildman–Crippen LogP) is 20.0. The minimum Gasteiger partial charge on any atom is -0.454 e. The van der Waals surface area contributed by atoms with Crippen molar-refractivity contribution in [2.75, 3.05) is 0 Å². The van der Waals surface area contributed by atoms with Gasteiger partial charge in [-0.25, -0.2) is 4.85 Å². The van der Waals surface area contributed by atoms with Crippen LogP contribution in [0.2, 0.25) is 0 Å². The minimum atomic E-state index is -0.677. The molecule has 0 amide bonds. The van der Waals surface area contributed by atoms with Gasteiger partial charge in [0.1, 0.15) is 17.2 Å². The van der Waals surface area contributed by atoms with Crippen molar-refractivity contribution in [3.8, 4) is 39.9 Å². The predicted molar refractivity (Wildman–Crippen MR) is 335 cm³/mol. The van der Waals surface area contributed by atoms with Crippen molar-refractivity contribution in [3.63, 3.8) is 0 Å². The standard InChI is InChI=1S/C74H40N6O2/c1-76-66-67(79-62-32-16-9-25-49(62)52-36-38-54-50-26-10-17-33-64(50)81-73(54)69(52)79)57(42-75)68(77-58-28-12-5-21-45(58)46-22-6-13-29-59(46)77)72(71(66)78-60-30-14-7-23-47(60)48-24-8-15-31-61(48)78)80-63-40-35-44(43-19-3-2-4-20-43)41-56(63)53-37-39-55-51-27-11-18-34-65(51)82-74(55)70(53)80/h2-41H/i9D,10D,16D,17D,25D,26D,32D,33D,36D,38D. The number of furan rings is 2. The molecule has 6 heterocycles. The molecule has 0 aliphatic heterocycles. The van der Waals surface area contributed by atoms with Crippen LogP contribution >= 0.6 is 0 Å². The number of fused-ring (bicyclic) bond motifs is 20. The van der Waals surface area contributed by atoms with E-state index in [0.29, 0.717) is 50.0 Å². The fraction of sp³-hybridized carbons (Fsp3) is 0. The first-order valence-corrected chi connectivity index (χ1v) is 26.6. The van der Waals surface area contributed by atoms with Crippen LogP contribution in [-0.2, 0) is 0 Å². The number of hydrogen-bond acceptors (Lipinski definition) is 3. The normalized spacial score (nSPS) is 13.8. The number of nitrogens with zero attached hydrogens (tertiary/aromatic N) is 6. The highest BCUT2D eigenvalue weighted by Crippen LogP contribution is 2.54. The highest BCUT2D eigenvalue weighted by atomic mass is 16.3. The van der Waals surface area contributed by atoms with Crippen LogP contribution in [-0.4, -0.2) is 18.3 Å². The first-order chi connectivity index (χ1) is 44.8. The second-order valence-corrected chi connectivity index (χ2v) is 20.5. The average Bonchev–Trinajstić information content (AvgIpc) is 1.48. The molecule has 0 bridgehead atoms. The number of nitriles is 1. The minimum absolute atomic E-state index is 0.170. The maximum absolute atomic E-state index is 13.0. The Morgan fingerprint density at radius 1 is 0.366 bits per heavy atom. The lowest BCUT2D eigenvalue weighted by atomic mass is 10.0. The van der Waals surface area contributed by atoms with Crippen LogP contribution in [0.15, 0.2) is 251 Å². The third kappa shape index (κ3) is 5.76. The third-order valence-corrected chi connectivity index (χ3v) is 16.5. The first-order valence-electron chi connectivity index (χ1n) is 31.6. The highest BCUT2D eigenvalue weighted by Gasteiger charge is 2.36. The Morgan fingerprint density at radius 2 is 0.890 bits per heavy atom. The molecule has 0 N–H and O–H groups in total. The van der Waals surface area contributed by atoms with Gasteiger partial charge >= 0.3 is 0 Å². The fourth-order valence-corrected chi connectivity index (χ4v) is 13.2. The van der Waals surface area contributed by atoms with Crippen molar-refractivity contribution in [2.45, 2.75) is 0 Å². The van der Waals surface area contributed by atoms with E-state index in [9.17, 15) is 22.8 Å². The molecule has 0 aliphatic carbocycles. The van der Waals surface area contributed by atoms with E-state index in [1.165, 1.54) is 4.57 Å². The lowest BCUT2D eigenvalue weighted by molar-refractivity contribution is 0.670. The molecule has 6 aromatic heterocycles. The summed E-state index contributed by atoms with van der Waals surface area (Å²) in [7, 11) is 0. The molecule has 8 nitrogen and oxygen atoms in total. The Hall–Kier alpha value is -11.6. The summed E-state index contributed by atoms with van der Waals surface area (Å²) in [6.45, 7) is 10.0. The fourth-order valence-electron chi connectivity index (χ4n) is 13.2. The Morgan fingerprint density at radius 3 is 1.57 bits per heavy atom. The Labute approximate surface area is 480 Å². The summed E-state index contributed by atoms with van der Waals surface area (Å²) in [6, 6.07) is 56.3. The lowest BCUT2D eigenvalue weighted by Crippen LogP contribution is -2.14. The van der Waals surface area contributed by atoms with Gasteiger partial charge in [-0.1, -0.05) is 176 Å². The molecule has 0 saturated carbocycles. The van der Waals surface area contributed by atoms with E-state index in [0.717, 1.165) is 54.2 Å². The van der Waals surface area contributed by atoms with Gasteiger partial charge in [-0.05, 0) is 77.8 Å². The van der Waals surface area contributed by atoms with Crippen LogP contribution in [0, 0.1) is 17.9 Å². The van der Waals surface area contributed by atoms with Crippen molar-refractivity contribution in [1.82, 2.24) is 18.3 Å². The zero-order valence-corrected chi connectivity index (χ0v) is 42.8. The molecule has 0 fully saturated rings. The van der Waals surface area contributed by atoms with Crippen LogP contribution in [0.5, 0.6) is 0 Å². The SMILES string of the molecule is [2H]c1c([2H])c([2H])c2c(oc3c2c([2H])c([2H])c2c4c([2H])c([2H])c([2H])c([2H])c4n(-c4c(C#N)c(-n5c6ccccc6c6ccccc65)c(-n5c6ccc(-c7ccccc7)cc6c6ccc7c8ccccc8oc7c65)c(-n5c6ccccc6c6ccccc65)c4[N+]#[C-])c32)c1[2H]. The molecule has 18 rings (SSSR count). The molecular weight excluding hydrogens is 1000 g/mol. The monoisotopic (exact) mass is 1050 g/mol. The molecule has 0 unspecified atom stereocenters. The largest absolute Gasteiger partial charge is 0.454 e. The van der Waals surface area contributed by atoms with E-state index in [4.69, 9.17) is 11.6 Å². The van der Waals surface area contributed by atoms with Crippen LogP contribution in [0.25, 0.3) is 170 Å². The summed E-state index contributed by atoms with van der Waals surface area (Å²) < 4.78 is 116. The van der Waals surface area contributed by atoms with Crippen molar-refractivity contribution in [2.24, 2.45) is 0 Å². The molecule has 0 radical (unpaired) electrons. The molecule has 12 aromatic carbocycles. The van der Waals surface area contributed by atoms with E-state index in [1.54, 1.807) is 0 Å². The van der Waals surface area contributed by atoms with E-state index in [-0.39, 0.29) is 72.1 Å². The van der Waals surface area contributed by atoms with Crippen molar-refractivity contribution >= 4 is 137 Å². The molecule has 82 heavy (non-hydrogen) atoms. The molecule has 0 saturated heterocycles. The number of para-hydroxylation sites is 7. The third-order valence-electron chi connectivity index (χ3n) is 16.5. The van der Waals surface area contributed by atoms with Gasteiger partial charge in [0.25, 0.3) is 0 Å². The van der Waals surface area contributed by atoms with Crippen LogP contribution in [0.4, 0.5) is 5.69 Å². The van der Waals surface area contributed by atoms with E-state index in [2.05, 4.69) is 57.9 Å². The van der Waals surface area contributed by atoms with Gasteiger partial charge in [-0.3, -0.25) is 0 Å². The van der Waals surface area contributed by atoms with Crippen LogP contribution in [0.3, 0.4) is 0 Å². The topological polar surface area (TPSA) is 74.1 Å². The van der Waals surface area contributed by atoms with Gasteiger partial charge in [0.05, 0.1) is 92.7 Å². The van der Waals surface area contributed by atoms with Crippen molar-refractivity contribution in [3.05, 3.63) is 259 Å². The average molecular weight is 1060 g/mol. The van der Waals surface area contributed by atoms with Crippen molar-refractivity contribution < 1.29 is 22.5 Å². The zero-order valence-electron chi connectivity index (χ0n) is 52.8. The molecule has 18 aromatic rings. The Bertz CT molecular complexity index is 6290. The summed E-state index contributed by atoms with van der Waals surface area (Å²) in [6.07, 6.45) is 0. The second-order valence-electron chi connectivity index (χ2n) is 20.5.